The molecule has 4 heterocycles. The minimum Gasteiger partial charge on any atom is -0.247 e. The van der Waals surface area contributed by atoms with E-state index in [1.54, 1.807) is 4.68 Å². The van der Waals surface area contributed by atoms with Crippen molar-refractivity contribution in [2.45, 2.75) is 27.7 Å². The van der Waals surface area contributed by atoms with Crippen LogP contribution in [0.1, 0.15) is 29.6 Å². The molecule has 0 aliphatic carbocycles. The molecule has 0 fully saturated rings. The van der Waals surface area contributed by atoms with Crippen molar-refractivity contribution in [3.8, 4) is 22.8 Å². The predicted octanol–water partition coefficient (Wildman–Crippen LogP) is 4.28. The average molecular weight is 450 g/mol. The molecule has 3 aromatic heterocycles. The summed E-state index contributed by atoms with van der Waals surface area (Å²) in [5.74, 6) is 2.09. The first kappa shape index (κ1) is 20.2. The van der Waals surface area contributed by atoms with E-state index in [1.807, 2.05) is 54.4 Å². The molecule has 0 unspecified atom stereocenters. The summed E-state index contributed by atoms with van der Waals surface area (Å²) in [7, 11) is 1.91. The zero-order valence-corrected chi connectivity index (χ0v) is 19.6. The second-order valence-corrected chi connectivity index (χ2v) is 8.66. The van der Waals surface area contributed by atoms with Crippen molar-refractivity contribution in [3.63, 3.8) is 0 Å². The van der Waals surface area contributed by atoms with E-state index in [1.165, 1.54) is 5.56 Å². The van der Waals surface area contributed by atoms with Crippen LogP contribution in [0.15, 0.2) is 58.6 Å². The van der Waals surface area contributed by atoms with Gasteiger partial charge in [-0.05, 0) is 39.8 Å². The highest BCUT2D eigenvalue weighted by Gasteiger charge is 2.28. The fourth-order valence-corrected chi connectivity index (χ4v) is 4.36. The molecule has 0 saturated heterocycles. The van der Waals surface area contributed by atoms with Gasteiger partial charge in [0.25, 0.3) is 0 Å². The van der Waals surface area contributed by atoms with E-state index in [0.29, 0.717) is 17.4 Å². The number of nitrogens with zero attached hydrogens (tertiary/aromatic N) is 9. The number of hydrogen-bond acceptors (Lipinski definition) is 6. The lowest BCUT2D eigenvalue weighted by Gasteiger charge is -2.00. The summed E-state index contributed by atoms with van der Waals surface area (Å²) in [4.78, 5) is 5.00. The van der Waals surface area contributed by atoms with E-state index in [2.05, 4.69) is 48.3 Å². The number of aromatic nitrogens is 7. The molecule has 5 aromatic rings. The summed E-state index contributed by atoms with van der Waals surface area (Å²) in [6, 6.07) is 16.4. The smallest absolute Gasteiger partial charge is 0.205 e. The van der Waals surface area contributed by atoms with Crippen molar-refractivity contribution >= 4 is 22.8 Å². The summed E-state index contributed by atoms with van der Waals surface area (Å²) >= 11 is 0. The SMILES string of the molecule is CC1=Nn2c(nnc2-c2cccc(C)c2)C1=Nc1c(C)nn2c(-c3cccc(C)c3)nn(C)c12. The van der Waals surface area contributed by atoms with Crippen LogP contribution >= 0.6 is 0 Å². The molecule has 0 bridgehead atoms. The van der Waals surface area contributed by atoms with Gasteiger partial charge in [0.05, 0.1) is 11.4 Å². The summed E-state index contributed by atoms with van der Waals surface area (Å²) in [5.41, 5.74) is 8.12. The van der Waals surface area contributed by atoms with Gasteiger partial charge in [-0.25, -0.2) is 9.67 Å². The van der Waals surface area contributed by atoms with Gasteiger partial charge in [0.2, 0.25) is 5.82 Å². The molecule has 0 spiro atoms. The van der Waals surface area contributed by atoms with Gasteiger partial charge < -0.3 is 0 Å². The zero-order chi connectivity index (χ0) is 23.6. The van der Waals surface area contributed by atoms with Crippen molar-refractivity contribution in [3.05, 3.63) is 71.2 Å². The van der Waals surface area contributed by atoms with Crippen molar-refractivity contribution in [1.29, 1.82) is 0 Å². The molecule has 0 atom stereocenters. The quantitative estimate of drug-likeness (QED) is 0.411. The van der Waals surface area contributed by atoms with Crippen LogP contribution in [-0.2, 0) is 7.05 Å². The monoisotopic (exact) mass is 449 g/mol. The Morgan fingerprint density at radius 3 is 2.09 bits per heavy atom. The lowest BCUT2D eigenvalue weighted by molar-refractivity contribution is 0.800. The van der Waals surface area contributed by atoms with E-state index >= 15 is 0 Å². The number of hydrogen-bond donors (Lipinski definition) is 0. The third kappa shape index (κ3) is 3.01. The average Bonchev–Trinajstić information content (AvgIpc) is 3.51. The van der Waals surface area contributed by atoms with Crippen molar-refractivity contribution < 1.29 is 0 Å². The Bertz CT molecular complexity index is 1660. The van der Waals surface area contributed by atoms with Crippen LogP contribution in [0.4, 0.5) is 5.69 Å². The van der Waals surface area contributed by atoms with Crippen LogP contribution < -0.4 is 0 Å². The van der Waals surface area contributed by atoms with E-state index in [0.717, 1.165) is 45.3 Å². The number of aryl methyl sites for hydroxylation is 4. The van der Waals surface area contributed by atoms with Gasteiger partial charge >= 0.3 is 0 Å². The first-order valence-electron chi connectivity index (χ1n) is 11.1. The first-order chi connectivity index (χ1) is 16.4. The zero-order valence-electron chi connectivity index (χ0n) is 19.6. The molecule has 9 nitrogen and oxygen atoms in total. The molecule has 1 aliphatic heterocycles. The molecule has 9 heteroatoms. The number of fused-ring (bicyclic) bond motifs is 2. The van der Waals surface area contributed by atoms with Crippen molar-refractivity contribution in [2.24, 2.45) is 17.1 Å². The largest absolute Gasteiger partial charge is 0.247 e. The summed E-state index contributed by atoms with van der Waals surface area (Å²) in [6.45, 7) is 8.01. The molecular weight excluding hydrogens is 426 g/mol. The molecule has 0 radical (unpaired) electrons. The van der Waals surface area contributed by atoms with Gasteiger partial charge in [0.1, 0.15) is 11.4 Å². The summed E-state index contributed by atoms with van der Waals surface area (Å²) in [6.07, 6.45) is 0. The number of aliphatic imine (C=N–C) groups is 1. The molecular formula is C25H23N9. The topological polar surface area (TPSA) is 90.5 Å². The highest BCUT2D eigenvalue weighted by Crippen LogP contribution is 2.31. The number of rotatable bonds is 3. The Morgan fingerprint density at radius 1 is 0.765 bits per heavy atom. The van der Waals surface area contributed by atoms with Gasteiger partial charge in [0, 0.05) is 18.2 Å². The van der Waals surface area contributed by atoms with Crippen LogP contribution in [0.3, 0.4) is 0 Å². The molecule has 0 amide bonds. The Morgan fingerprint density at radius 2 is 1.41 bits per heavy atom. The highest BCUT2D eigenvalue weighted by molar-refractivity contribution is 6.48. The Hall–Kier alpha value is -4.40. The minimum absolute atomic E-state index is 0.619. The molecule has 34 heavy (non-hydrogen) atoms. The lowest BCUT2D eigenvalue weighted by Crippen LogP contribution is -2.08. The second-order valence-electron chi connectivity index (χ2n) is 8.66. The van der Waals surface area contributed by atoms with Crippen LogP contribution in [0.2, 0.25) is 0 Å². The van der Waals surface area contributed by atoms with Crippen LogP contribution in [-0.4, -0.2) is 45.7 Å². The maximum atomic E-state index is 5.00. The number of benzene rings is 2. The Kier molecular flexibility index (Phi) is 4.35. The van der Waals surface area contributed by atoms with Crippen molar-refractivity contribution in [2.75, 3.05) is 0 Å². The minimum atomic E-state index is 0.619. The van der Waals surface area contributed by atoms with E-state index in [9.17, 15) is 0 Å². The highest BCUT2D eigenvalue weighted by atomic mass is 15.5. The molecule has 1 aliphatic rings. The Balaban J connectivity index is 1.49. The fourth-order valence-electron chi connectivity index (χ4n) is 4.36. The third-order valence-corrected chi connectivity index (χ3v) is 5.98. The van der Waals surface area contributed by atoms with Crippen molar-refractivity contribution in [1.82, 2.24) is 34.3 Å². The van der Waals surface area contributed by atoms with Crippen LogP contribution in [0.5, 0.6) is 0 Å². The van der Waals surface area contributed by atoms with Gasteiger partial charge in [-0.1, -0.05) is 47.5 Å². The molecule has 0 N–H and O–H groups in total. The molecule has 2 aromatic carbocycles. The maximum Gasteiger partial charge on any atom is 0.205 e. The van der Waals surface area contributed by atoms with E-state index < -0.39 is 0 Å². The third-order valence-electron chi connectivity index (χ3n) is 5.98. The lowest BCUT2D eigenvalue weighted by atomic mass is 10.1. The first-order valence-corrected chi connectivity index (χ1v) is 11.1. The van der Waals surface area contributed by atoms with Gasteiger partial charge in [-0.2, -0.15) is 24.5 Å². The van der Waals surface area contributed by atoms with Crippen LogP contribution in [0, 0.1) is 20.8 Å². The van der Waals surface area contributed by atoms with Gasteiger partial charge in [0.15, 0.2) is 17.3 Å². The normalized spacial score (nSPS) is 14.3. The fraction of sp³-hybridized carbons (Fsp3) is 0.200. The van der Waals surface area contributed by atoms with E-state index in [4.69, 9.17) is 20.3 Å². The predicted molar refractivity (Wildman–Crippen MR) is 132 cm³/mol. The molecule has 6 rings (SSSR count). The second kappa shape index (κ2) is 7.31. The standard InChI is InChI=1S/C25H23N9/c1-14-8-6-10-18(12-14)22-27-28-24-20(16(3)29-33(22)24)26-21-17(4)30-34-23(31-32(5)25(21)34)19-11-7-9-15(2)13-19/h6-13H,1-5H3. The summed E-state index contributed by atoms with van der Waals surface area (Å²) < 4.78 is 5.44. The Labute approximate surface area is 196 Å². The van der Waals surface area contributed by atoms with Gasteiger partial charge in [-0.15, -0.1) is 10.2 Å². The van der Waals surface area contributed by atoms with Gasteiger partial charge in [-0.3, -0.25) is 0 Å². The molecule has 0 saturated carbocycles. The molecule has 168 valence electrons. The summed E-state index contributed by atoms with van der Waals surface area (Å²) in [5, 5.41) is 23.0. The van der Waals surface area contributed by atoms with Crippen LogP contribution in [0.25, 0.3) is 28.4 Å². The van der Waals surface area contributed by atoms with E-state index in [-0.39, 0.29) is 0 Å². The maximum absolute atomic E-state index is 5.00.